The molecule has 0 saturated heterocycles. The van der Waals surface area contributed by atoms with Gasteiger partial charge in [-0.1, -0.05) is 18.5 Å². The Morgan fingerprint density at radius 1 is 1.22 bits per heavy atom. The molecular formula is C14H16ClNO2. The van der Waals surface area contributed by atoms with E-state index < -0.39 is 0 Å². The fraction of sp³-hybridized carbons (Fsp3) is 0.286. The maximum atomic E-state index is 6.10. The van der Waals surface area contributed by atoms with Crippen molar-refractivity contribution >= 4 is 17.3 Å². The molecule has 2 rings (SSSR count). The summed E-state index contributed by atoms with van der Waals surface area (Å²) in [6.45, 7) is 2.67. The van der Waals surface area contributed by atoms with Gasteiger partial charge in [0.25, 0.3) is 0 Å². The van der Waals surface area contributed by atoms with Crippen LogP contribution in [0, 0.1) is 0 Å². The molecule has 0 radical (unpaired) electrons. The standard InChI is InChI=1S/C14H16ClNO2/c1-3-10-4-5-12(18-10)9-16-14-8-11(17-2)6-7-13(14)15/h4-8,16H,3,9H2,1-2H3. The predicted octanol–water partition coefficient (Wildman–Crippen LogP) is 4.12. The molecule has 0 atom stereocenters. The molecule has 0 aliphatic heterocycles. The molecule has 1 aromatic carbocycles. The highest BCUT2D eigenvalue weighted by atomic mass is 35.5. The van der Waals surface area contributed by atoms with Gasteiger partial charge < -0.3 is 14.5 Å². The first-order valence-corrected chi connectivity index (χ1v) is 6.25. The van der Waals surface area contributed by atoms with Gasteiger partial charge in [0, 0.05) is 12.5 Å². The van der Waals surface area contributed by atoms with Crippen LogP contribution in [0.4, 0.5) is 5.69 Å². The molecule has 4 heteroatoms. The maximum Gasteiger partial charge on any atom is 0.123 e. The zero-order valence-electron chi connectivity index (χ0n) is 10.5. The van der Waals surface area contributed by atoms with Crippen molar-refractivity contribution in [2.45, 2.75) is 19.9 Å². The Hall–Kier alpha value is -1.61. The van der Waals surface area contributed by atoms with E-state index in [1.165, 1.54) is 0 Å². The molecule has 0 aliphatic rings. The van der Waals surface area contributed by atoms with Gasteiger partial charge in [-0.2, -0.15) is 0 Å². The molecule has 96 valence electrons. The van der Waals surface area contributed by atoms with Gasteiger partial charge >= 0.3 is 0 Å². The van der Waals surface area contributed by atoms with Crippen LogP contribution in [0.3, 0.4) is 0 Å². The second-order valence-electron chi connectivity index (χ2n) is 3.92. The lowest BCUT2D eigenvalue weighted by Gasteiger charge is -2.08. The molecular weight excluding hydrogens is 250 g/mol. The van der Waals surface area contributed by atoms with Gasteiger partial charge in [-0.15, -0.1) is 0 Å². The Bertz CT molecular complexity index is 522. The summed E-state index contributed by atoms with van der Waals surface area (Å²) in [5.41, 5.74) is 0.838. The third-order valence-electron chi connectivity index (χ3n) is 2.69. The fourth-order valence-electron chi connectivity index (χ4n) is 1.66. The van der Waals surface area contributed by atoms with Gasteiger partial charge in [-0.05, 0) is 24.3 Å². The number of aryl methyl sites for hydroxylation is 1. The summed E-state index contributed by atoms with van der Waals surface area (Å²) in [7, 11) is 1.63. The lowest BCUT2D eigenvalue weighted by molar-refractivity contribution is 0.415. The van der Waals surface area contributed by atoms with Crippen LogP contribution in [0.5, 0.6) is 5.75 Å². The number of ether oxygens (including phenoxy) is 1. The molecule has 1 aromatic heterocycles. The Labute approximate surface area is 112 Å². The van der Waals surface area contributed by atoms with Crippen molar-refractivity contribution in [2.24, 2.45) is 0 Å². The third-order valence-corrected chi connectivity index (χ3v) is 3.02. The number of hydrogen-bond acceptors (Lipinski definition) is 3. The van der Waals surface area contributed by atoms with Crippen LogP contribution in [0.15, 0.2) is 34.7 Å². The summed E-state index contributed by atoms with van der Waals surface area (Å²) < 4.78 is 10.8. The molecule has 0 bridgehead atoms. The first-order valence-electron chi connectivity index (χ1n) is 5.88. The zero-order valence-corrected chi connectivity index (χ0v) is 11.3. The highest BCUT2D eigenvalue weighted by molar-refractivity contribution is 6.33. The number of benzene rings is 1. The van der Waals surface area contributed by atoms with E-state index >= 15 is 0 Å². The Balaban J connectivity index is 2.05. The highest BCUT2D eigenvalue weighted by Gasteiger charge is 2.04. The molecule has 0 saturated carbocycles. The van der Waals surface area contributed by atoms with Gasteiger partial charge in [0.1, 0.15) is 17.3 Å². The molecule has 1 N–H and O–H groups in total. The van der Waals surface area contributed by atoms with E-state index in [9.17, 15) is 0 Å². The number of furan rings is 1. The summed E-state index contributed by atoms with van der Waals surface area (Å²) in [5.74, 6) is 2.66. The van der Waals surface area contributed by atoms with Crippen LogP contribution in [0.2, 0.25) is 5.02 Å². The van der Waals surface area contributed by atoms with E-state index in [0.29, 0.717) is 11.6 Å². The van der Waals surface area contributed by atoms with Crippen LogP contribution in [-0.2, 0) is 13.0 Å². The number of rotatable bonds is 5. The largest absolute Gasteiger partial charge is 0.497 e. The van der Waals surface area contributed by atoms with Crippen molar-refractivity contribution in [3.05, 3.63) is 46.9 Å². The number of methoxy groups -OCH3 is 1. The lowest BCUT2D eigenvalue weighted by Crippen LogP contribution is -1.99. The molecule has 0 spiro atoms. The molecule has 0 amide bonds. The Morgan fingerprint density at radius 3 is 2.67 bits per heavy atom. The quantitative estimate of drug-likeness (QED) is 0.883. The van der Waals surface area contributed by atoms with E-state index in [2.05, 4.69) is 12.2 Å². The van der Waals surface area contributed by atoms with Gasteiger partial charge in [0.05, 0.1) is 24.4 Å². The van der Waals surface area contributed by atoms with Crippen LogP contribution in [-0.4, -0.2) is 7.11 Å². The third kappa shape index (κ3) is 2.99. The minimum Gasteiger partial charge on any atom is -0.497 e. The van der Waals surface area contributed by atoms with Crippen LogP contribution < -0.4 is 10.1 Å². The molecule has 0 aliphatic carbocycles. The van der Waals surface area contributed by atoms with Gasteiger partial charge in [-0.3, -0.25) is 0 Å². The van der Waals surface area contributed by atoms with Crippen molar-refractivity contribution in [1.82, 2.24) is 0 Å². The summed E-state index contributed by atoms with van der Waals surface area (Å²) in [6, 6.07) is 9.47. The van der Waals surface area contributed by atoms with Gasteiger partial charge in [0.15, 0.2) is 0 Å². The summed E-state index contributed by atoms with van der Waals surface area (Å²) in [4.78, 5) is 0. The van der Waals surface area contributed by atoms with Gasteiger partial charge in [-0.25, -0.2) is 0 Å². The Morgan fingerprint density at radius 2 is 2.00 bits per heavy atom. The second kappa shape index (κ2) is 5.83. The van der Waals surface area contributed by atoms with Crippen molar-refractivity contribution in [3.8, 4) is 5.75 Å². The smallest absolute Gasteiger partial charge is 0.123 e. The first-order chi connectivity index (χ1) is 8.72. The zero-order chi connectivity index (χ0) is 13.0. The van der Waals surface area contributed by atoms with Crippen LogP contribution >= 0.6 is 11.6 Å². The minimum atomic E-state index is 0.604. The predicted molar refractivity (Wildman–Crippen MR) is 73.4 cm³/mol. The van der Waals surface area contributed by atoms with Crippen molar-refractivity contribution in [2.75, 3.05) is 12.4 Å². The molecule has 0 fully saturated rings. The average molecular weight is 266 g/mol. The average Bonchev–Trinajstić information content (AvgIpc) is 2.86. The molecule has 1 heterocycles. The molecule has 18 heavy (non-hydrogen) atoms. The normalized spacial score (nSPS) is 10.4. The second-order valence-corrected chi connectivity index (χ2v) is 4.33. The fourth-order valence-corrected chi connectivity index (χ4v) is 1.84. The SMILES string of the molecule is CCc1ccc(CNc2cc(OC)ccc2Cl)o1. The van der Waals surface area contributed by atoms with Crippen LogP contribution in [0.25, 0.3) is 0 Å². The number of anilines is 1. The highest BCUT2D eigenvalue weighted by Crippen LogP contribution is 2.27. The maximum absolute atomic E-state index is 6.10. The first kappa shape index (κ1) is 12.8. The number of halogens is 1. The summed E-state index contributed by atoms with van der Waals surface area (Å²) in [6.07, 6.45) is 0.903. The van der Waals surface area contributed by atoms with E-state index in [1.807, 2.05) is 30.3 Å². The van der Waals surface area contributed by atoms with E-state index in [-0.39, 0.29) is 0 Å². The topological polar surface area (TPSA) is 34.4 Å². The monoisotopic (exact) mass is 265 g/mol. The Kier molecular flexibility index (Phi) is 4.15. The van der Waals surface area contributed by atoms with Crippen molar-refractivity contribution in [3.63, 3.8) is 0 Å². The van der Waals surface area contributed by atoms with E-state index in [4.69, 9.17) is 20.8 Å². The van der Waals surface area contributed by atoms with E-state index in [1.54, 1.807) is 7.11 Å². The van der Waals surface area contributed by atoms with Crippen molar-refractivity contribution in [1.29, 1.82) is 0 Å². The van der Waals surface area contributed by atoms with Gasteiger partial charge in [0.2, 0.25) is 0 Å². The van der Waals surface area contributed by atoms with Crippen molar-refractivity contribution < 1.29 is 9.15 Å². The van der Waals surface area contributed by atoms with E-state index in [0.717, 1.165) is 29.4 Å². The minimum absolute atomic E-state index is 0.604. The van der Waals surface area contributed by atoms with Crippen LogP contribution in [0.1, 0.15) is 18.4 Å². The molecule has 3 nitrogen and oxygen atoms in total. The lowest BCUT2D eigenvalue weighted by atomic mass is 10.3. The summed E-state index contributed by atoms with van der Waals surface area (Å²) >= 11 is 6.10. The number of nitrogens with one attached hydrogen (secondary N) is 1. The molecule has 2 aromatic rings. The molecule has 0 unspecified atom stereocenters. The summed E-state index contributed by atoms with van der Waals surface area (Å²) in [5, 5.41) is 3.90. The number of hydrogen-bond donors (Lipinski definition) is 1.